The Morgan fingerprint density at radius 1 is 1.24 bits per heavy atom. The molecule has 1 fully saturated rings. The van der Waals surface area contributed by atoms with Gasteiger partial charge in [-0.2, -0.15) is 0 Å². The number of aryl methyl sites for hydroxylation is 1. The van der Waals surface area contributed by atoms with Gasteiger partial charge in [0.05, 0.1) is 0 Å². The van der Waals surface area contributed by atoms with Gasteiger partial charge in [0.25, 0.3) is 6.43 Å². The van der Waals surface area contributed by atoms with Crippen molar-refractivity contribution in [2.24, 2.45) is 5.92 Å². The Morgan fingerprint density at radius 3 is 2.71 bits per heavy atom. The monoisotopic (exact) mass is 239 g/mol. The van der Waals surface area contributed by atoms with Crippen molar-refractivity contribution in [1.82, 2.24) is 5.32 Å². The number of alkyl halides is 2. The lowest BCUT2D eigenvalue weighted by Gasteiger charge is -2.22. The smallest absolute Gasteiger partial charge is 0.263 e. The van der Waals surface area contributed by atoms with E-state index in [2.05, 4.69) is 5.32 Å². The summed E-state index contributed by atoms with van der Waals surface area (Å²) in [5.74, 6) is 0.756. The molecule has 0 aromatic heterocycles. The van der Waals surface area contributed by atoms with Crippen LogP contribution in [0.2, 0.25) is 0 Å². The number of hydrogen-bond donors (Lipinski definition) is 1. The van der Waals surface area contributed by atoms with Gasteiger partial charge >= 0.3 is 0 Å². The van der Waals surface area contributed by atoms with E-state index in [0.29, 0.717) is 0 Å². The minimum absolute atomic E-state index is 0.146. The lowest BCUT2D eigenvalue weighted by Crippen LogP contribution is -2.27. The fourth-order valence-corrected chi connectivity index (χ4v) is 2.43. The molecule has 0 bridgehead atoms. The summed E-state index contributed by atoms with van der Waals surface area (Å²) in [6.45, 7) is 2.20. The van der Waals surface area contributed by atoms with E-state index in [4.69, 9.17) is 0 Å². The molecule has 0 aliphatic carbocycles. The number of nitrogens with one attached hydrogen (secondary N) is 1. The maximum absolute atomic E-state index is 12.5. The quantitative estimate of drug-likeness (QED) is 0.847. The highest BCUT2D eigenvalue weighted by molar-refractivity contribution is 5.24. The zero-order valence-corrected chi connectivity index (χ0v) is 9.96. The van der Waals surface area contributed by atoms with Crippen LogP contribution in [0.1, 0.15) is 36.8 Å². The maximum Gasteiger partial charge on any atom is 0.263 e. The molecular weight excluding hydrogens is 220 g/mol. The molecule has 1 aromatic rings. The molecule has 0 atom stereocenters. The molecule has 2 rings (SSSR count). The van der Waals surface area contributed by atoms with Gasteiger partial charge in [-0.05, 0) is 50.3 Å². The van der Waals surface area contributed by atoms with E-state index >= 15 is 0 Å². The molecule has 1 nitrogen and oxygen atoms in total. The molecule has 17 heavy (non-hydrogen) atoms. The van der Waals surface area contributed by atoms with Gasteiger partial charge in [-0.3, -0.25) is 0 Å². The summed E-state index contributed by atoms with van der Waals surface area (Å²) in [6, 6.07) is 6.83. The summed E-state index contributed by atoms with van der Waals surface area (Å²) in [5, 5.41) is 3.34. The van der Waals surface area contributed by atoms with Gasteiger partial charge in [0.1, 0.15) is 0 Å². The molecule has 1 aliphatic heterocycles. The van der Waals surface area contributed by atoms with Crippen LogP contribution in [0, 0.1) is 5.92 Å². The Hall–Kier alpha value is -0.960. The Balaban J connectivity index is 1.87. The first kappa shape index (κ1) is 12.5. The van der Waals surface area contributed by atoms with E-state index in [1.807, 2.05) is 6.07 Å². The highest BCUT2D eigenvalue weighted by Crippen LogP contribution is 2.22. The van der Waals surface area contributed by atoms with Gasteiger partial charge in [-0.15, -0.1) is 0 Å². The standard InChI is InChI=1S/C14H19F2N/c15-14(16)13-3-1-2-12(10-13)5-4-11-6-8-17-9-7-11/h1-3,10-11,14,17H,4-9H2. The first-order valence-electron chi connectivity index (χ1n) is 6.33. The second kappa shape index (κ2) is 6.10. The minimum atomic E-state index is -2.35. The van der Waals surface area contributed by atoms with Crippen molar-refractivity contribution < 1.29 is 8.78 Å². The normalized spacial score (nSPS) is 17.6. The van der Waals surface area contributed by atoms with E-state index in [1.165, 1.54) is 18.9 Å². The molecule has 0 unspecified atom stereocenters. The second-order valence-electron chi connectivity index (χ2n) is 4.78. The predicted molar refractivity (Wildman–Crippen MR) is 65.3 cm³/mol. The summed E-state index contributed by atoms with van der Waals surface area (Å²) in [4.78, 5) is 0. The zero-order valence-electron chi connectivity index (χ0n) is 9.96. The summed E-state index contributed by atoms with van der Waals surface area (Å²) >= 11 is 0. The fourth-order valence-electron chi connectivity index (χ4n) is 2.43. The summed E-state index contributed by atoms with van der Waals surface area (Å²) in [5.41, 5.74) is 1.19. The van der Waals surface area contributed by atoms with E-state index in [1.54, 1.807) is 12.1 Å². The highest BCUT2D eigenvalue weighted by atomic mass is 19.3. The van der Waals surface area contributed by atoms with E-state index in [-0.39, 0.29) is 5.56 Å². The number of hydrogen-bond acceptors (Lipinski definition) is 1. The molecule has 1 aromatic carbocycles. The van der Waals surface area contributed by atoms with Crippen LogP contribution in [0.25, 0.3) is 0 Å². The van der Waals surface area contributed by atoms with Crippen molar-refractivity contribution >= 4 is 0 Å². The molecule has 1 aliphatic rings. The molecule has 0 spiro atoms. The highest BCUT2D eigenvalue weighted by Gasteiger charge is 2.13. The molecule has 0 saturated carbocycles. The lowest BCUT2D eigenvalue weighted by molar-refractivity contribution is 0.151. The first-order valence-corrected chi connectivity index (χ1v) is 6.33. The molecule has 0 amide bonds. The third kappa shape index (κ3) is 3.77. The summed E-state index contributed by atoms with van der Waals surface area (Å²) in [6.07, 6.45) is 2.12. The third-order valence-corrected chi connectivity index (χ3v) is 3.50. The number of halogens is 2. The Kier molecular flexibility index (Phi) is 4.49. The van der Waals surface area contributed by atoms with E-state index in [9.17, 15) is 8.78 Å². The van der Waals surface area contributed by atoms with Crippen LogP contribution in [-0.4, -0.2) is 13.1 Å². The first-order chi connectivity index (χ1) is 8.25. The van der Waals surface area contributed by atoms with E-state index in [0.717, 1.165) is 37.4 Å². The topological polar surface area (TPSA) is 12.0 Å². The van der Waals surface area contributed by atoms with Crippen LogP contribution in [0.5, 0.6) is 0 Å². The van der Waals surface area contributed by atoms with Gasteiger partial charge < -0.3 is 5.32 Å². The Morgan fingerprint density at radius 2 is 2.00 bits per heavy atom. The summed E-state index contributed by atoms with van der Waals surface area (Å²) in [7, 11) is 0. The van der Waals surface area contributed by atoms with Gasteiger partial charge in [-0.1, -0.05) is 24.3 Å². The van der Waals surface area contributed by atoms with Gasteiger partial charge in [-0.25, -0.2) is 8.78 Å². The zero-order chi connectivity index (χ0) is 12.1. The van der Waals surface area contributed by atoms with Crippen LogP contribution >= 0.6 is 0 Å². The minimum Gasteiger partial charge on any atom is -0.317 e. The fraction of sp³-hybridized carbons (Fsp3) is 0.571. The van der Waals surface area contributed by atoms with Crippen molar-refractivity contribution in [2.75, 3.05) is 13.1 Å². The number of piperidine rings is 1. The van der Waals surface area contributed by atoms with Crippen molar-refractivity contribution in [1.29, 1.82) is 0 Å². The van der Waals surface area contributed by atoms with Crippen molar-refractivity contribution in [3.63, 3.8) is 0 Å². The molecular formula is C14H19F2N. The largest absolute Gasteiger partial charge is 0.317 e. The number of benzene rings is 1. The van der Waals surface area contributed by atoms with Gasteiger partial charge in [0.2, 0.25) is 0 Å². The van der Waals surface area contributed by atoms with Crippen LogP contribution < -0.4 is 5.32 Å². The van der Waals surface area contributed by atoms with Crippen molar-refractivity contribution in [2.45, 2.75) is 32.1 Å². The van der Waals surface area contributed by atoms with Crippen LogP contribution in [0.4, 0.5) is 8.78 Å². The van der Waals surface area contributed by atoms with Crippen LogP contribution in [-0.2, 0) is 6.42 Å². The van der Waals surface area contributed by atoms with Gasteiger partial charge in [0.15, 0.2) is 0 Å². The lowest BCUT2D eigenvalue weighted by atomic mass is 9.91. The molecule has 0 radical (unpaired) electrons. The second-order valence-corrected chi connectivity index (χ2v) is 4.78. The average molecular weight is 239 g/mol. The molecule has 3 heteroatoms. The molecule has 94 valence electrons. The maximum atomic E-state index is 12.5. The molecule has 1 N–H and O–H groups in total. The Bertz CT molecular complexity index is 346. The average Bonchev–Trinajstić information content (AvgIpc) is 2.38. The van der Waals surface area contributed by atoms with Gasteiger partial charge in [0, 0.05) is 5.56 Å². The van der Waals surface area contributed by atoms with Crippen LogP contribution in [0.3, 0.4) is 0 Å². The Labute approximate surface area is 101 Å². The molecule has 1 heterocycles. The van der Waals surface area contributed by atoms with Crippen molar-refractivity contribution in [3.8, 4) is 0 Å². The van der Waals surface area contributed by atoms with Crippen molar-refractivity contribution in [3.05, 3.63) is 35.4 Å². The predicted octanol–water partition coefficient (Wildman–Crippen LogP) is 3.56. The summed E-state index contributed by atoms with van der Waals surface area (Å²) < 4.78 is 25.1. The van der Waals surface area contributed by atoms with E-state index < -0.39 is 6.43 Å². The SMILES string of the molecule is FC(F)c1cccc(CCC2CCNCC2)c1. The molecule has 1 saturated heterocycles. The number of rotatable bonds is 4. The third-order valence-electron chi connectivity index (χ3n) is 3.50. The van der Waals surface area contributed by atoms with Crippen LogP contribution in [0.15, 0.2) is 24.3 Å².